The van der Waals surface area contributed by atoms with E-state index >= 15 is 0 Å². The second-order valence-electron chi connectivity index (χ2n) is 3.54. The van der Waals surface area contributed by atoms with Crippen LogP contribution in [0.3, 0.4) is 0 Å². The standard InChI is InChI=1S/C4H4NS.3CH3.Sn/c1-4-2-6-3-5-4;;;;/h2H,1H3;3*1H3;. The van der Waals surface area contributed by atoms with Gasteiger partial charge in [0.1, 0.15) is 0 Å². The van der Waals surface area contributed by atoms with Crippen molar-refractivity contribution < 1.29 is 0 Å². The Kier molecular flexibility index (Phi) is 2.40. The van der Waals surface area contributed by atoms with Gasteiger partial charge in [-0.15, -0.1) is 0 Å². The second kappa shape index (κ2) is 2.81. The second-order valence-corrected chi connectivity index (χ2v) is 19.6. The van der Waals surface area contributed by atoms with Gasteiger partial charge in [0.05, 0.1) is 0 Å². The van der Waals surface area contributed by atoms with Crippen molar-refractivity contribution in [2.45, 2.75) is 21.7 Å². The summed E-state index contributed by atoms with van der Waals surface area (Å²) in [6.07, 6.45) is 0. The summed E-state index contributed by atoms with van der Waals surface area (Å²) in [5, 5.41) is 2.15. The molecular formula is C7H13NSSn. The molecule has 1 aromatic heterocycles. The monoisotopic (exact) mass is 263 g/mol. The molecule has 0 spiro atoms. The molecule has 0 radical (unpaired) electrons. The fourth-order valence-corrected chi connectivity index (χ4v) is 6.58. The zero-order valence-electron chi connectivity index (χ0n) is 6.93. The Morgan fingerprint density at radius 3 is 2.20 bits per heavy atom. The quantitative estimate of drug-likeness (QED) is 0.705. The molecule has 56 valence electrons. The van der Waals surface area contributed by atoms with Crippen molar-refractivity contribution in [2.75, 3.05) is 0 Å². The average Bonchev–Trinajstić information content (AvgIpc) is 2.11. The Hall–Kier alpha value is 0.429. The first kappa shape index (κ1) is 8.52. The van der Waals surface area contributed by atoms with Crippen molar-refractivity contribution in [2.24, 2.45) is 0 Å². The zero-order valence-corrected chi connectivity index (χ0v) is 10.6. The summed E-state index contributed by atoms with van der Waals surface area (Å²) < 4.78 is 1.44. The molecule has 1 aromatic rings. The van der Waals surface area contributed by atoms with Crippen LogP contribution in [0.15, 0.2) is 5.38 Å². The maximum absolute atomic E-state index is 4.49. The van der Waals surface area contributed by atoms with E-state index in [1.807, 2.05) is 11.3 Å². The predicted octanol–water partition coefficient (Wildman–Crippen LogP) is 2.00. The van der Waals surface area contributed by atoms with Gasteiger partial charge < -0.3 is 0 Å². The molecule has 0 N–H and O–H groups in total. The van der Waals surface area contributed by atoms with E-state index in [1.165, 1.54) is 8.72 Å². The molecule has 0 unspecified atom stereocenters. The first-order valence-electron chi connectivity index (χ1n) is 3.43. The van der Waals surface area contributed by atoms with Gasteiger partial charge in [-0.05, 0) is 0 Å². The SMILES string of the molecule is Cc1cs[c]([Sn]([CH3])([CH3])[CH3])n1. The number of nitrogens with zero attached hydrogens (tertiary/aromatic N) is 1. The molecule has 0 aliphatic heterocycles. The third kappa shape index (κ3) is 1.95. The number of rotatable bonds is 1. The van der Waals surface area contributed by atoms with Crippen LogP contribution in [0, 0.1) is 6.92 Å². The minimum atomic E-state index is -1.78. The first-order chi connectivity index (χ1) is 4.50. The maximum atomic E-state index is 4.49. The van der Waals surface area contributed by atoms with Crippen LogP contribution in [-0.4, -0.2) is 23.4 Å². The molecule has 0 amide bonds. The molecule has 3 heteroatoms. The molecule has 10 heavy (non-hydrogen) atoms. The van der Waals surface area contributed by atoms with E-state index < -0.39 is 18.4 Å². The average molecular weight is 262 g/mol. The summed E-state index contributed by atoms with van der Waals surface area (Å²) in [6.45, 7) is 2.07. The topological polar surface area (TPSA) is 12.9 Å². The normalized spacial score (nSPS) is 12.0. The van der Waals surface area contributed by atoms with Crippen molar-refractivity contribution in [3.63, 3.8) is 0 Å². The van der Waals surface area contributed by atoms with Gasteiger partial charge in [0, 0.05) is 0 Å². The third-order valence-electron chi connectivity index (χ3n) is 1.26. The van der Waals surface area contributed by atoms with E-state index in [0.717, 1.165) is 0 Å². The molecule has 0 saturated heterocycles. The number of aryl methyl sites for hydroxylation is 1. The summed E-state index contributed by atoms with van der Waals surface area (Å²) >= 11 is 0.0546. The van der Waals surface area contributed by atoms with Crippen molar-refractivity contribution in [3.8, 4) is 0 Å². The van der Waals surface area contributed by atoms with Gasteiger partial charge in [-0.1, -0.05) is 0 Å². The molecule has 1 heterocycles. The molecule has 0 aliphatic rings. The van der Waals surface area contributed by atoms with Gasteiger partial charge in [0.15, 0.2) is 0 Å². The van der Waals surface area contributed by atoms with Gasteiger partial charge in [-0.2, -0.15) is 0 Å². The van der Waals surface area contributed by atoms with Crippen LogP contribution >= 0.6 is 11.3 Å². The van der Waals surface area contributed by atoms with Gasteiger partial charge in [0.2, 0.25) is 0 Å². The molecule has 0 bridgehead atoms. The van der Waals surface area contributed by atoms with Crippen molar-refractivity contribution >= 4 is 32.7 Å². The molecule has 0 atom stereocenters. The first-order valence-corrected chi connectivity index (χ1v) is 14.3. The van der Waals surface area contributed by atoms with E-state index in [4.69, 9.17) is 0 Å². The van der Waals surface area contributed by atoms with E-state index in [1.54, 1.807) is 0 Å². The fraction of sp³-hybridized carbons (Fsp3) is 0.571. The van der Waals surface area contributed by atoms with E-state index in [9.17, 15) is 0 Å². The van der Waals surface area contributed by atoms with Gasteiger partial charge in [0.25, 0.3) is 0 Å². The van der Waals surface area contributed by atoms with Crippen LogP contribution in [0.1, 0.15) is 5.69 Å². The molecule has 0 fully saturated rings. The van der Waals surface area contributed by atoms with Crippen LogP contribution in [0.2, 0.25) is 14.8 Å². The van der Waals surface area contributed by atoms with Crippen LogP contribution in [0.4, 0.5) is 0 Å². The van der Waals surface area contributed by atoms with Crippen molar-refractivity contribution in [1.82, 2.24) is 4.98 Å². The Morgan fingerprint density at radius 1 is 1.40 bits per heavy atom. The summed E-state index contributed by atoms with van der Waals surface area (Å²) in [7, 11) is 0. The Balaban J connectivity index is 2.96. The van der Waals surface area contributed by atoms with Gasteiger partial charge in [-0.25, -0.2) is 0 Å². The van der Waals surface area contributed by atoms with Crippen molar-refractivity contribution in [3.05, 3.63) is 11.1 Å². The van der Waals surface area contributed by atoms with E-state index in [2.05, 4.69) is 32.1 Å². The molecule has 0 aromatic carbocycles. The number of hydrogen-bond donors (Lipinski definition) is 0. The number of hydrogen-bond acceptors (Lipinski definition) is 2. The van der Waals surface area contributed by atoms with Crippen LogP contribution < -0.4 is 3.02 Å². The minimum absolute atomic E-state index is 1.19. The molecule has 0 aliphatic carbocycles. The summed E-state index contributed by atoms with van der Waals surface area (Å²) in [5.41, 5.74) is 1.19. The third-order valence-corrected chi connectivity index (χ3v) is 11.1. The Labute approximate surface area is 70.4 Å². The summed E-state index contributed by atoms with van der Waals surface area (Å²) in [4.78, 5) is 11.7. The molecule has 1 nitrogen and oxygen atoms in total. The van der Waals surface area contributed by atoms with Gasteiger partial charge in [-0.3, -0.25) is 0 Å². The fourth-order valence-electron chi connectivity index (χ4n) is 0.698. The van der Waals surface area contributed by atoms with E-state index in [0.29, 0.717) is 0 Å². The Morgan fingerprint density at radius 2 is 2.00 bits per heavy atom. The number of thiazole rings is 1. The molecule has 0 saturated carbocycles. The zero-order chi connectivity index (χ0) is 7.78. The van der Waals surface area contributed by atoms with Gasteiger partial charge >= 0.3 is 70.5 Å². The van der Waals surface area contributed by atoms with Crippen LogP contribution in [-0.2, 0) is 0 Å². The number of aromatic nitrogens is 1. The molecule has 1 rings (SSSR count). The summed E-state index contributed by atoms with van der Waals surface area (Å²) in [6, 6.07) is 0. The van der Waals surface area contributed by atoms with Crippen molar-refractivity contribution in [1.29, 1.82) is 0 Å². The van der Waals surface area contributed by atoms with Crippen LogP contribution in [0.25, 0.3) is 0 Å². The Bertz CT molecular complexity index is 224. The predicted molar refractivity (Wildman–Crippen MR) is 49.8 cm³/mol. The van der Waals surface area contributed by atoms with E-state index in [-0.39, 0.29) is 0 Å². The molecular weight excluding hydrogens is 249 g/mol. The van der Waals surface area contributed by atoms with Crippen LogP contribution in [0.5, 0.6) is 0 Å². The summed E-state index contributed by atoms with van der Waals surface area (Å²) in [5.74, 6) is 0.